The number of rotatable bonds is 4. The zero-order valence-electron chi connectivity index (χ0n) is 9.38. The van der Waals surface area contributed by atoms with Gasteiger partial charge in [0.15, 0.2) is 9.84 Å². The van der Waals surface area contributed by atoms with Gasteiger partial charge in [-0.15, -0.1) is 0 Å². The van der Waals surface area contributed by atoms with Crippen molar-refractivity contribution in [3.05, 3.63) is 0 Å². The summed E-state index contributed by atoms with van der Waals surface area (Å²) in [6.45, 7) is 7.58. The molecule has 3 nitrogen and oxygen atoms in total. The Balaban J connectivity index is 5.01. The number of nitrogens with one attached hydrogen (secondary N) is 1. The second kappa shape index (κ2) is 3.96. The summed E-state index contributed by atoms with van der Waals surface area (Å²) < 4.78 is 22.3. The van der Waals surface area contributed by atoms with Crippen LogP contribution in [0.2, 0.25) is 0 Å². The van der Waals surface area contributed by atoms with Gasteiger partial charge < -0.3 is 5.32 Å². The molecule has 0 saturated carbocycles. The first-order valence-electron chi connectivity index (χ1n) is 4.51. The second-order valence-electron chi connectivity index (χ2n) is 4.39. The van der Waals surface area contributed by atoms with Crippen molar-refractivity contribution in [1.29, 1.82) is 0 Å². The van der Waals surface area contributed by atoms with Crippen molar-refractivity contribution in [2.75, 3.05) is 13.3 Å². The van der Waals surface area contributed by atoms with Gasteiger partial charge in [0, 0.05) is 12.3 Å². The molecule has 0 aromatic heterocycles. The Morgan fingerprint density at radius 3 is 1.69 bits per heavy atom. The van der Waals surface area contributed by atoms with E-state index in [2.05, 4.69) is 5.32 Å². The molecule has 0 heterocycles. The Bertz CT molecular complexity index is 255. The van der Waals surface area contributed by atoms with Gasteiger partial charge >= 0.3 is 0 Å². The van der Waals surface area contributed by atoms with Crippen LogP contribution in [0.25, 0.3) is 0 Å². The minimum absolute atomic E-state index is 0.0116. The summed E-state index contributed by atoms with van der Waals surface area (Å²) in [5.74, 6) is 0.301. The topological polar surface area (TPSA) is 46.2 Å². The molecule has 13 heavy (non-hydrogen) atoms. The first kappa shape index (κ1) is 12.9. The number of sulfone groups is 1. The van der Waals surface area contributed by atoms with Crippen molar-refractivity contribution >= 4 is 9.84 Å². The van der Waals surface area contributed by atoms with Crippen LogP contribution in [0.1, 0.15) is 27.7 Å². The molecule has 0 radical (unpaired) electrons. The highest BCUT2D eigenvalue weighted by molar-refractivity contribution is 7.92. The molecule has 0 saturated heterocycles. The van der Waals surface area contributed by atoms with Crippen molar-refractivity contribution in [3.8, 4) is 0 Å². The lowest BCUT2D eigenvalue weighted by Crippen LogP contribution is -2.53. The van der Waals surface area contributed by atoms with Crippen LogP contribution in [-0.2, 0) is 9.84 Å². The van der Waals surface area contributed by atoms with Gasteiger partial charge in [-0.05, 0) is 26.8 Å². The van der Waals surface area contributed by atoms with Crippen LogP contribution in [0, 0.1) is 5.92 Å². The summed E-state index contributed by atoms with van der Waals surface area (Å²) in [5, 5.41) is 3.07. The van der Waals surface area contributed by atoms with E-state index < -0.39 is 14.6 Å². The largest absolute Gasteiger partial charge is 0.315 e. The van der Waals surface area contributed by atoms with E-state index in [4.69, 9.17) is 0 Å². The third kappa shape index (κ3) is 2.68. The van der Waals surface area contributed by atoms with E-state index >= 15 is 0 Å². The third-order valence-electron chi connectivity index (χ3n) is 2.68. The normalized spacial score (nSPS) is 16.2. The second-order valence-corrected chi connectivity index (χ2v) is 6.98. The molecule has 0 spiro atoms. The average Bonchev–Trinajstić information content (AvgIpc) is 1.83. The molecule has 0 amide bonds. The Hall–Kier alpha value is -0.0900. The van der Waals surface area contributed by atoms with Crippen LogP contribution < -0.4 is 5.32 Å². The molecule has 1 N–H and O–H groups in total. The van der Waals surface area contributed by atoms with E-state index in [0.717, 1.165) is 0 Å². The maximum absolute atomic E-state index is 11.5. The maximum atomic E-state index is 11.5. The predicted molar refractivity (Wildman–Crippen MR) is 56.6 cm³/mol. The van der Waals surface area contributed by atoms with Gasteiger partial charge in [-0.25, -0.2) is 8.42 Å². The highest BCUT2D eigenvalue weighted by atomic mass is 32.2. The fourth-order valence-electron chi connectivity index (χ4n) is 1.71. The van der Waals surface area contributed by atoms with Crippen molar-refractivity contribution in [2.45, 2.75) is 38.5 Å². The molecule has 0 aliphatic heterocycles. The Kier molecular flexibility index (Phi) is 3.94. The molecular formula is C9H21NO2S. The molecule has 0 aromatic carbocycles. The molecule has 0 aromatic rings. The van der Waals surface area contributed by atoms with E-state index in [1.54, 1.807) is 20.9 Å². The molecule has 0 aliphatic carbocycles. The lowest BCUT2D eigenvalue weighted by Gasteiger charge is -2.35. The van der Waals surface area contributed by atoms with E-state index in [1.165, 1.54) is 6.26 Å². The summed E-state index contributed by atoms with van der Waals surface area (Å²) >= 11 is 0. The minimum Gasteiger partial charge on any atom is -0.315 e. The van der Waals surface area contributed by atoms with Gasteiger partial charge in [0.25, 0.3) is 0 Å². The molecule has 1 unspecified atom stereocenters. The molecule has 80 valence electrons. The highest BCUT2D eigenvalue weighted by Crippen LogP contribution is 2.24. The van der Waals surface area contributed by atoms with E-state index in [-0.39, 0.29) is 6.04 Å². The monoisotopic (exact) mass is 207 g/mol. The molecule has 1 atom stereocenters. The first-order valence-corrected chi connectivity index (χ1v) is 6.40. The first-order chi connectivity index (χ1) is 5.64. The predicted octanol–water partition coefficient (Wildman–Crippen LogP) is 1.05. The lowest BCUT2D eigenvalue weighted by atomic mass is 9.93. The van der Waals surface area contributed by atoms with Crippen LogP contribution in [0.4, 0.5) is 0 Å². The Morgan fingerprint density at radius 2 is 1.62 bits per heavy atom. The van der Waals surface area contributed by atoms with E-state index in [0.29, 0.717) is 5.92 Å². The van der Waals surface area contributed by atoms with Crippen LogP contribution in [-0.4, -0.2) is 32.5 Å². The SMILES string of the molecule is CNC(C(C)C)C(C)(C)S(C)(=O)=O. The van der Waals surface area contributed by atoms with Gasteiger partial charge in [0.05, 0.1) is 4.75 Å². The van der Waals surface area contributed by atoms with Crippen LogP contribution in [0.5, 0.6) is 0 Å². The summed E-state index contributed by atoms with van der Waals surface area (Å²) in [5.41, 5.74) is 0. The third-order valence-corrected chi connectivity index (χ3v) is 4.85. The van der Waals surface area contributed by atoms with Gasteiger partial charge in [-0.1, -0.05) is 13.8 Å². The van der Waals surface area contributed by atoms with Crippen molar-refractivity contribution in [2.24, 2.45) is 5.92 Å². The number of hydrogen-bond acceptors (Lipinski definition) is 3. The standard InChI is InChI=1S/C9H21NO2S/c1-7(2)8(10-5)9(3,4)13(6,11)12/h7-8,10H,1-6H3. The summed E-state index contributed by atoms with van der Waals surface area (Å²) in [6.07, 6.45) is 1.29. The van der Waals surface area contributed by atoms with Crippen LogP contribution >= 0.6 is 0 Å². The zero-order valence-corrected chi connectivity index (χ0v) is 10.2. The quantitative estimate of drug-likeness (QED) is 0.749. The minimum atomic E-state index is -3.02. The summed E-state index contributed by atoms with van der Waals surface area (Å²) in [4.78, 5) is 0. The van der Waals surface area contributed by atoms with Gasteiger partial charge in [0.2, 0.25) is 0 Å². The smallest absolute Gasteiger partial charge is 0.154 e. The van der Waals surface area contributed by atoms with Crippen LogP contribution in [0.15, 0.2) is 0 Å². The molecule has 0 aliphatic rings. The lowest BCUT2D eigenvalue weighted by molar-refractivity contribution is 0.347. The van der Waals surface area contributed by atoms with Gasteiger partial charge in [0.1, 0.15) is 0 Å². The van der Waals surface area contributed by atoms with Crippen molar-refractivity contribution in [3.63, 3.8) is 0 Å². The molecule has 0 bridgehead atoms. The maximum Gasteiger partial charge on any atom is 0.154 e. The van der Waals surface area contributed by atoms with E-state index in [1.807, 2.05) is 13.8 Å². The zero-order chi connectivity index (χ0) is 10.9. The highest BCUT2D eigenvalue weighted by Gasteiger charge is 2.39. The fraction of sp³-hybridized carbons (Fsp3) is 1.00. The summed E-state index contributed by atoms with van der Waals surface area (Å²) in [7, 11) is -1.22. The number of hydrogen-bond donors (Lipinski definition) is 1. The van der Waals surface area contributed by atoms with Crippen molar-refractivity contribution in [1.82, 2.24) is 5.32 Å². The van der Waals surface area contributed by atoms with Crippen molar-refractivity contribution < 1.29 is 8.42 Å². The Morgan fingerprint density at radius 1 is 1.23 bits per heavy atom. The fourth-order valence-corrected chi connectivity index (χ4v) is 2.57. The Labute approximate surface area is 81.8 Å². The van der Waals surface area contributed by atoms with Gasteiger partial charge in [-0.3, -0.25) is 0 Å². The summed E-state index contributed by atoms with van der Waals surface area (Å²) in [6, 6.07) is -0.0116. The molecule has 0 rings (SSSR count). The van der Waals surface area contributed by atoms with Gasteiger partial charge in [-0.2, -0.15) is 0 Å². The van der Waals surface area contributed by atoms with Crippen LogP contribution in [0.3, 0.4) is 0 Å². The molecular weight excluding hydrogens is 186 g/mol. The average molecular weight is 207 g/mol. The molecule has 4 heteroatoms. The molecule has 0 fully saturated rings. The van der Waals surface area contributed by atoms with E-state index in [9.17, 15) is 8.42 Å².